The number of carbonyl (C=O) groups excluding carboxylic acids is 2. The van der Waals surface area contributed by atoms with Gasteiger partial charge in [-0.2, -0.15) is 4.99 Å². The highest BCUT2D eigenvalue weighted by atomic mass is 32.2. The minimum atomic E-state index is -0.804. The quantitative estimate of drug-likeness (QED) is 0.429. The average Bonchev–Trinajstić information content (AvgIpc) is 3.04. The van der Waals surface area contributed by atoms with E-state index in [4.69, 9.17) is 10.5 Å². The maximum atomic E-state index is 13.8. The largest absolute Gasteiger partial charge is 0.425 e. The highest BCUT2D eigenvalue weighted by molar-refractivity contribution is 8.18. The van der Waals surface area contributed by atoms with Crippen LogP contribution in [0.1, 0.15) is 38.7 Å². The standard InChI is InChI=1S/C20H25FN4O3S/c1-12(2)9-15(22)19(27)28-16-11-14(21)6-5-13(16)10-17-18(26)24-20(29-17)25-8-4-3-7-23-25/h5-6,10-12,15,23H,3-4,7-9,22H2,1-2H3/b17-10+/t15-/m0/s1. The SMILES string of the molecule is CC(C)C[C@H](N)C(=O)Oc1cc(F)ccc1/C=C1/SC(N2CCCCN2)=NC1=O. The summed E-state index contributed by atoms with van der Waals surface area (Å²) >= 11 is 1.23. The molecule has 1 atom stereocenters. The number of carbonyl (C=O) groups is 2. The van der Waals surface area contributed by atoms with Crippen molar-refractivity contribution in [1.29, 1.82) is 0 Å². The van der Waals surface area contributed by atoms with Crippen LogP contribution in [0.25, 0.3) is 6.08 Å². The van der Waals surface area contributed by atoms with Gasteiger partial charge >= 0.3 is 5.97 Å². The number of aliphatic imine (C=N–C) groups is 1. The lowest BCUT2D eigenvalue weighted by molar-refractivity contribution is -0.136. The Hall–Kier alpha value is -2.23. The fraction of sp³-hybridized carbons (Fsp3) is 0.450. The first-order valence-corrected chi connectivity index (χ1v) is 10.5. The molecule has 0 aromatic heterocycles. The number of hydrogen-bond donors (Lipinski definition) is 2. The molecule has 0 unspecified atom stereocenters. The second-order valence-corrected chi connectivity index (χ2v) is 8.43. The summed E-state index contributed by atoms with van der Waals surface area (Å²) in [5.74, 6) is -1.32. The fourth-order valence-corrected chi connectivity index (χ4v) is 3.92. The molecule has 2 heterocycles. The van der Waals surface area contributed by atoms with Crippen molar-refractivity contribution in [3.63, 3.8) is 0 Å². The van der Waals surface area contributed by atoms with Crippen LogP contribution in [0.5, 0.6) is 5.75 Å². The molecule has 1 saturated heterocycles. The third-order valence-electron chi connectivity index (χ3n) is 4.45. The predicted octanol–water partition coefficient (Wildman–Crippen LogP) is 2.68. The molecule has 0 saturated carbocycles. The molecule has 1 amide bonds. The number of esters is 1. The number of nitrogens with one attached hydrogen (secondary N) is 1. The van der Waals surface area contributed by atoms with E-state index in [9.17, 15) is 14.0 Å². The molecule has 3 rings (SSSR count). The van der Waals surface area contributed by atoms with E-state index in [1.807, 2.05) is 18.9 Å². The number of halogens is 1. The minimum Gasteiger partial charge on any atom is -0.425 e. The number of nitrogens with two attached hydrogens (primary N) is 1. The van der Waals surface area contributed by atoms with Gasteiger partial charge in [-0.1, -0.05) is 13.8 Å². The molecule has 7 nitrogen and oxygen atoms in total. The zero-order valence-corrected chi connectivity index (χ0v) is 17.3. The summed E-state index contributed by atoms with van der Waals surface area (Å²) in [5.41, 5.74) is 9.49. The summed E-state index contributed by atoms with van der Waals surface area (Å²) in [6, 6.07) is 3.02. The van der Waals surface area contributed by atoms with E-state index in [-0.39, 0.29) is 17.6 Å². The number of amides is 1. The van der Waals surface area contributed by atoms with Gasteiger partial charge in [-0.25, -0.2) is 14.6 Å². The summed E-state index contributed by atoms with van der Waals surface area (Å²) in [5, 5.41) is 2.45. The average molecular weight is 421 g/mol. The van der Waals surface area contributed by atoms with Crippen LogP contribution in [0, 0.1) is 11.7 Å². The molecule has 3 N–H and O–H groups in total. The van der Waals surface area contributed by atoms with E-state index in [1.165, 1.54) is 23.9 Å². The number of nitrogens with zero attached hydrogens (tertiary/aromatic N) is 2. The molecule has 0 spiro atoms. The van der Waals surface area contributed by atoms with Crippen LogP contribution in [-0.4, -0.2) is 41.2 Å². The molecule has 0 bridgehead atoms. The van der Waals surface area contributed by atoms with Gasteiger partial charge in [0.25, 0.3) is 5.91 Å². The lowest BCUT2D eigenvalue weighted by Crippen LogP contribution is -2.45. The topological polar surface area (TPSA) is 97.0 Å². The van der Waals surface area contributed by atoms with Gasteiger partial charge in [-0.3, -0.25) is 9.80 Å². The smallest absolute Gasteiger partial charge is 0.328 e. The first-order valence-electron chi connectivity index (χ1n) is 9.64. The molecule has 9 heteroatoms. The molecule has 156 valence electrons. The molecule has 2 aliphatic rings. The van der Waals surface area contributed by atoms with E-state index in [0.29, 0.717) is 22.1 Å². The van der Waals surface area contributed by atoms with Crippen LogP contribution in [0.2, 0.25) is 0 Å². The van der Waals surface area contributed by atoms with Crippen molar-refractivity contribution >= 4 is 34.9 Å². The lowest BCUT2D eigenvalue weighted by atomic mass is 10.0. The van der Waals surface area contributed by atoms with Crippen LogP contribution in [0.15, 0.2) is 28.1 Å². The van der Waals surface area contributed by atoms with Gasteiger partial charge in [-0.15, -0.1) is 0 Å². The molecule has 29 heavy (non-hydrogen) atoms. The second-order valence-electron chi connectivity index (χ2n) is 7.42. The fourth-order valence-electron chi connectivity index (χ4n) is 3.01. The van der Waals surface area contributed by atoms with E-state index in [1.54, 1.807) is 6.08 Å². The number of thioether (sulfide) groups is 1. The summed E-state index contributed by atoms with van der Waals surface area (Å²) in [4.78, 5) is 29.1. The lowest BCUT2D eigenvalue weighted by Gasteiger charge is -2.28. The minimum absolute atomic E-state index is 0.0275. The Balaban J connectivity index is 1.77. The van der Waals surface area contributed by atoms with Gasteiger partial charge in [0.1, 0.15) is 17.6 Å². The maximum Gasteiger partial charge on any atom is 0.328 e. The molecule has 1 fully saturated rings. The number of hydrogen-bond acceptors (Lipinski definition) is 7. The molecule has 2 aliphatic heterocycles. The van der Waals surface area contributed by atoms with Crippen molar-refractivity contribution in [3.8, 4) is 5.75 Å². The Morgan fingerprint density at radius 1 is 1.45 bits per heavy atom. The summed E-state index contributed by atoms with van der Waals surface area (Å²) in [6.45, 7) is 5.51. The molecular formula is C20H25FN4O3S. The Bertz CT molecular complexity index is 850. The van der Waals surface area contributed by atoms with E-state index in [0.717, 1.165) is 32.0 Å². The van der Waals surface area contributed by atoms with E-state index in [2.05, 4.69) is 10.4 Å². The van der Waals surface area contributed by atoms with Crippen molar-refractivity contribution in [3.05, 3.63) is 34.5 Å². The zero-order valence-electron chi connectivity index (χ0n) is 16.5. The summed E-state index contributed by atoms with van der Waals surface area (Å²) in [7, 11) is 0. The third-order valence-corrected chi connectivity index (χ3v) is 5.46. The van der Waals surface area contributed by atoms with Crippen molar-refractivity contribution in [2.24, 2.45) is 16.6 Å². The Kier molecular flexibility index (Phi) is 7.05. The summed E-state index contributed by atoms with van der Waals surface area (Å²) < 4.78 is 19.1. The second kappa shape index (κ2) is 9.51. The highest BCUT2D eigenvalue weighted by Gasteiger charge is 2.27. The van der Waals surface area contributed by atoms with E-state index < -0.39 is 17.8 Å². The van der Waals surface area contributed by atoms with Crippen molar-refractivity contribution in [2.75, 3.05) is 13.1 Å². The van der Waals surface area contributed by atoms with Crippen LogP contribution in [0.4, 0.5) is 4.39 Å². The van der Waals surface area contributed by atoms with Crippen molar-refractivity contribution in [1.82, 2.24) is 10.4 Å². The van der Waals surface area contributed by atoms with Crippen molar-refractivity contribution in [2.45, 2.75) is 39.2 Å². The number of benzene rings is 1. The maximum absolute atomic E-state index is 13.8. The monoisotopic (exact) mass is 420 g/mol. The van der Waals surface area contributed by atoms with Crippen LogP contribution >= 0.6 is 11.8 Å². The van der Waals surface area contributed by atoms with Gasteiger partial charge in [0.05, 0.1) is 4.91 Å². The van der Waals surface area contributed by atoms with Crippen molar-refractivity contribution < 1.29 is 18.7 Å². The molecular weight excluding hydrogens is 395 g/mol. The molecule has 0 radical (unpaired) electrons. The normalized spacial score (nSPS) is 19.6. The molecule has 0 aliphatic carbocycles. The van der Waals surface area contributed by atoms with Gasteiger partial charge < -0.3 is 10.5 Å². The van der Waals surface area contributed by atoms with Gasteiger partial charge in [-0.05, 0) is 55.2 Å². The molecule has 1 aromatic rings. The summed E-state index contributed by atoms with van der Waals surface area (Å²) in [6.07, 6.45) is 4.12. The highest BCUT2D eigenvalue weighted by Crippen LogP contribution is 2.33. The first kappa shape index (κ1) is 21.5. The Morgan fingerprint density at radius 2 is 2.24 bits per heavy atom. The predicted molar refractivity (Wildman–Crippen MR) is 111 cm³/mol. The third kappa shape index (κ3) is 5.65. The van der Waals surface area contributed by atoms with E-state index >= 15 is 0 Å². The first-order chi connectivity index (χ1) is 13.8. The van der Waals surface area contributed by atoms with Crippen LogP contribution in [0.3, 0.4) is 0 Å². The van der Waals surface area contributed by atoms with Gasteiger partial charge in [0, 0.05) is 24.7 Å². The molecule has 1 aromatic carbocycles. The Labute approximate surface area is 173 Å². The van der Waals surface area contributed by atoms with Crippen LogP contribution in [-0.2, 0) is 9.59 Å². The number of rotatable bonds is 5. The number of hydrazine groups is 1. The van der Waals surface area contributed by atoms with Gasteiger partial charge in [0.15, 0.2) is 5.17 Å². The van der Waals surface area contributed by atoms with Crippen LogP contribution < -0.4 is 15.9 Å². The number of amidine groups is 1. The number of ether oxygens (including phenoxy) is 1. The zero-order chi connectivity index (χ0) is 21.0. The van der Waals surface area contributed by atoms with Gasteiger partial charge in [0.2, 0.25) is 0 Å². The Morgan fingerprint density at radius 3 is 2.93 bits per heavy atom.